The minimum atomic E-state index is -0.146. The molecule has 32 valence electrons. The van der Waals surface area contributed by atoms with Crippen LogP contribution in [0.2, 0.25) is 0 Å². The van der Waals surface area contributed by atoms with E-state index >= 15 is 0 Å². The fourth-order valence-corrected chi connectivity index (χ4v) is 0. The molecule has 1 N–H and O–H groups in total. The molecule has 1 atom stereocenters. The van der Waals surface area contributed by atoms with Crippen molar-refractivity contribution in [3.05, 3.63) is 0 Å². The highest BCUT2D eigenvalue weighted by atomic mass is 127. The lowest BCUT2D eigenvalue weighted by molar-refractivity contribution is 0.275. The molecule has 0 unspecified atom stereocenters. The van der Waals surface area contributed by atoms with Crippen LogP contribution in [0, 0.1) is 0 Å². The summed E-state index contributed by atoms with van der Waals surface area (Å²) >= 11 is 1.96. The van der Waals surface area contributed by atoms with E-state index in [1.165, 1.54) is 0 Å². The van der Waals surface area contributed by atoms with Gasteiger partial charge in [0, 0.05) is 0 Å². The lowest BCUT2D eigenvalue weighted by Gasteiger charge is -1.88. The number of alkyl halides is 1. The minimum absolute atomic E-state index is 0.146. The lowest BCUT2D eigenvalue weighted by Crippen LogP contribution is -1.86. The van der Waals surface area contributed by atoms with Crippen molar-refractivity contribution < 1.29 is 5.11 Å². The summed E-state index contributed by atoms with van der Waals surface area (Å²) in [6.45, 7) is 1.94. The summed E-state index contributed by atoms with van der Waals surface area (Å²) in [5, 5.41) is 8.35. The normalized spacial score (nSPS) is 15.0. The first-order chi connectivity index (χ1) is 2.27. The second-order valence-electron chi connectivity index (χ2n) is 0.843. The topological polar surface area (TPSA) is 20.2 Å². The first kappa shape index (κ1) is 5.69. The minimum Gasteiger partial charge on any atom is -0.383 e. The Bertz CT molecular complexity index is 20.9. The molecule has 0 heterocycles. The number of aliphatic hydroxyl groups is 1. The van der Waals surface area contributed by atoms with Gasteiger partial charge < -0.3 is 5.11 Å². The van der Waals surface area contributed by atoms with E-state index in [0.29, 0.717) is 0 Å². The largest absolute Gasteiger partial charge is 0.383 e. The van der Waals surface area contributed by atoms with Crippen LogP contribution >= 0.6 is 22.6 Å². The number of halogens is 1. The highest BCUT2D eigenvalue weighted by Gasteiger charge is 1.84. The first-order valence-corrected chi connectivity index (χ1v) is 2.84. The average molecular weight is 186 g/mol. The van der Waals surface area contributed by atoms with Crippen molar-refractivity contribution in [1.29, 1.82) is 0 Å². The van der Waals surface area contributed by atoms with Crippen molar-refractivity contribution in [3.63, 3.8) is 0 Å². The van der Waals surface area contributed by atoms with Crippen LogP contribution < -0.4 is 0 Å². The smallest absolute Gasteiger partial charge is 0.105 e. The van der Waals surface area contributed by atoms with E-state index in [9.17, 15) is 0 Å². The molecular weight excluding hydrogens is 179 g/mol. The Morgan fingerprint density at radius 2 is 2.20 bits per heavy atom. The molecule has 2 heteroatoms. The maximum absolute atomic E-state index is 8.35. The van der Waals surface area contributed by atoms with Gasteiger partial charge >= 0.3 is 0 Å². The average Bonchev–Trinajstić information content (AvgIpc) is 1.38. The first-order valence-electron chi connectivity index (χ1n) is 1.59. The molecule has 0 rings (SSSR count). The monoisotopic (exact) mass is 186 g/mol. The van der Waals surface area contributed by atoms with E-state index < -0.39 is 0 Å². The molecule has 0 amide bonds. The van der Waals surface area contributed by atoms with Gasteiger partial charge in [0.2, 0.25) is 0 Å². The van der Waals surface area contributed by atoms with E-state index in [0.717, 1.165) is 6.42 Å². The molecule has 5 heavy (non-hydrogen) atoms. The zero-order chi connectivity index (χ0) is 4.28. The highest BCUT2D eigenvalue weighted by Crippen LogP contribution is 1.96. The van der Waals surface area contributed by atoms with Crippen molar-refractivity contribution in [1.82, 2.24) is 0 Å². The molecule has 0 aromatic rings. The van der Waals surface area contributed by atoms with Gasteiger partial charge in [-0.2, -0.15) is 0 Å². The lowest BCUT2D eigenvalue weighted by atomic mass is 10.5. The fourth-order valence-electron chi connectivity index (χ4n) is 0. The summed E-state index contributed by atoms with van der Waals surface area (Å²) in [6, 6.07) is 0. The predicted octanol–water partition coefficient (Wildman–Crippen LogP) is 1.15. The maximum Gasteiger partial charge on any atom is 0.105 e. The van der Waals surface area contributed by atoms with Crippen LogP contribution in [0.25, 0.3) is 0 Å². The van der Waals surface area contributed by atoms with Gasteiger partial charge in [-0.1, -0.05) is 29.5 Å². The molecule has 0 bridgehead atoms. The Morgan fingerprint density at radius 3 is 2.20 bits per heavy atom. The zero-order valence-corrected chi connectivity index (χ0v) is 5.27. The van der Waals surface area contributed by atoms with Gasteiger partial charge in [0.15, 0.2) is 0 Å². The standard InChI is InChI=1S/C3H7IO/c1-2-3(4)5/h3,5H,2H2,1H3/t3-/m1/s1. The van der Waals surface area contributed by atoms with Gasteiger partial charge in [-0.15, -0.1) is 0 Å². The summed E-state index contributed by atoms with van der Waals surface area (Å²) in [6.07, 6.45) is 0.848. The number of aliphatic hydroxyl groups excluding tert-OH is 1. The second kappa shape index (κ2) is 2.90. The molecule has 1 nitrogen and oxygen atoms in total. The van der Waals surface area contributed by atoms with Crippen molar-refractivity contribution in [2.24, 2.45) is 0 Å². The molecule has 0 fully saturated rings. The Hall–Kier alpha value is 0.690. The van der Waals surface area contributed by atoms with Crippen LogP contribution in [-0.4, -0.2) is 9.22 Å². The van der Waals surface area contributed by atoms with Crippen molar-refractivity contribution in [2.45, 2.75) is 17.5 Å². The third kappa shape index (κ3) is 4.69. The van der Waals surface area contributed by atoms with Crippen LogP contribution in [0.1, 0.15) is 13.3 Å². The second-order valence-corrected chi connectivity index (χ2v) is 2.28. The van der Waals surface area contributed by atoms with Crippen molar-refractivity contribution >= 4 is 22.6 Å². The molecule has 0 aromatic heterocycles. The predicted molar refractivity (Wildman–Crippen MR) is 30.3 cm³/mol. The number of hydrogen-bond acceptors (Lipinski definition) is 1. The van der Waals surface area contributed by atoms with Gasteiger partial charge in [0.05, 0.1) is 0 Å². The van der Waals surface area contributed by atoms with Crippen LogP contribution in [0.5, 0.6) is 0 Å². The van der Waals surface area contributed by atoms with Crippen LogP contribution in [0.3, 0.4) is 0 Å². The fraction of sp³-hybridized carbons (Fsp3) is 1.00. The third-order valence-corrected chi connectivity index (χ3v) is 1.22. The summed E-state index contributed by atoms with van der Waals surface area (Å²) in [5.74, 6) is 0. The van der Waals surface area contributed by atoms with Gasteiger partial charge in [-0.05, 0) is 6.42 Å². The van der Waals surface area contributed by atoms with Gasteiger partial charge in [0.1, 0.15) is 4.11 Å². The van der Waals surface area contributed by atoms with E-state index in [2.05, 4.69) is 0 Å². The Kier molecular flexibility index (Phi) is 3.30. The summed E-state index contributed by atoms with van der Waals surface area (Å²) in [7, 11) is 0. The summed E-state index contributed by atoms with van der Waals surface area (Å²) in [5.41, 5.74) is 0. The van der Waals surface area contributed by atoms with E-state index in [4.69, 9.17) is 5.11 Å². The molecule has 0 aliphatic heterocycles. The molecule has 0 radical (unpaired) electrons. The maximum atomic E-state index is 8.35. The molecule has 0 aromatic carbocycles. The van der Waals surface area contributed by atoms with E-state index in [1.807, 2.05) is 29.5 Å². The quantitative estimate of drug-likeness (QED) is 0.481. The summed E-state index contributed by atoms with van der Waals surface area (Å²) in [4.78, 5) is 0. The van der Waals surface area contributed by atoms with Crippen molar-refractivity contribution in [2.75, 3.05) is 0 Å². The van der Waals surface area contributed by atoms with Gasteiger partial charge in [-0.3, -0.25) is 0 Å². The third-order valence-electron chi connectivity index (χ3n) is 0.337. The summed E-state index contributed by atoms with van der Waals surface area (Å²) < 4.78 is -0.146. The molecule has 0 saturated carbocycles. The van der Waals surface area contributed by atoms with Crippen LogP contribution in [-0.2, 0) is 0 Å². The Balaban J connectivity index is 2.54. The number of rotatable bonds is 1. The Labute approximate surface area is 45.5 Å². The van der Waals surface area contributed by atoms with Crippen LogP contribution in [0.4, 0.5) is 0 Å². The molecular formula is C3H7IO. The van der Waals surface area contributed by atoms with Crippen LogP contribution in [0.15, 0.2) is 0 Å². The van der Waals surface area contributed by atoms with Crippen molar-refractivity contribution in [3.8, 4) is 0 Å². The Morgan fingerprint density at radius 1 is 2.00 bits per heavy atom. The molecule has 0 spiro atoms. The van der Waals surface area contributed by atoms with E-state index in [1.54, 1.807) is 0 Å². The zero-order valence-electron chi connectivity index (χ0n) is 3.11. The van der Waals surface area contributed by atoms with Gasteiger partial charge in [0.25, 0.3) is 0 Å². The number of hydrogen-bond donors (Lipinski definition) is 1. The molecule has 0 aliphatic rings. The molecule has 0 saturated heterocycles. The van der Waals surface area contributed by atoms with Gasteiger partial charge in [-0.25, -0.2) is 0 Å². The van der Waals surface area contributed by atoms with E-state index in [-0.39, 0.29) is 4.11 Å². The SMILES string of the molecule is CC[C@@H](O)I. The molecule has 0 aliphatic carbocycles. The highest BCUT2D eigenvalue weighted by molar-refractivity contribution is 14.1.